The topological polar surface area (TPSA) is 60.9 Å². The van der Waals surface area contributed by atoms with Crippen LogP contribution in [0.1, 0.15) is 52.0 Å². The molecule has 1 amide bonds. The highest BCUT2D eigenvalue weighted by Crippen LogP contribution is 2.38. The summed E-state index contributed by atoms with van der Waals surface area (Å²) in [5.41, 5.74) is 0.616. The van der Waals surface area contributed by atoms with Gasteiger partial charge in [0.2, 0.25) is 11.8 Å². The fourth-order valence-corrected chi connectivity index (χ4v) is 4.28. The number of aromatic nitrogens is 1. The zero-order valence-electron chi connectivity index (χ0n) is 17.9. The molecule has 0 aliphatic carbocycles. The Morgan fingerprint density at radius 3 is 2.33 bits per heavy atom. The van der Waals surface area contributed by atoms with E-state index in [9.17, 15) is 4.79 Å². The third kappa shape index (κ3) is 5.04. The van der Waals surface area contributed by atoms with Crippen molar-refractivity contribution in [3.8, 4) is 11.8 Å². The maximum Gasteiger partial charge on any atom is 0.410 e. The van der Waals surface area contributed by atoms with Crippen molar-refractivity contribution in [3.63, 3.8) is 0 Å². The number of carbonyl (C=O) groups excluding carboxylic acids is 1. The molecule has 1 unspecified atom stereocenters. The lowest BCUT2D eigenvalue weighted by molar-refractivity contribution is -0.00764. The van der Waals surface area contributed by atoms with Gasteiger partial charge in [0.1, 0.15) is 18.3 Å². The van der Waals surface area contributed by atoms with Gasteiger partial charge in [-0.15, -0.1) is 0 Å². The Kier molecular flexibility index (Phi) is 5.84. The van der Waals surface area contributed by atoms with Crippen LogP contribution in [-0.2, 0) is 11.3 Å². The molecule has 0 saturated carbocycles. The molecular formula is C24H30N2O4. The highest BCUT2D eigenvalue weighted by Gasteiger charge is 2.45. The number of carbonyl (C=O) groups is 1. The monoisotopic (exact) mass is 410 g/mol. The Hall–Kier alpha value is -2.76. The minimum atomic E-state index is -0.478. The molecule has 160 valence electrons. The molecule has 2 aromatic rings. The fraction of sp³-hybridized carbons (Fsp3) is 0.500. The van der Waals surface area contributed by atoms with Crippen LogP contribution in [-0.4, -0.2) is 39.8 Å². The van der Waals surface area contributed by atoms with Gasteiger partial charge in [-0.05, 0) is 39.2 Å². The summed E-state index contributed by atoms with van der Waals surface area (Å²) in [4.78, 5) is 19.0. The van der Waals surface area contributed by atoms with Crippen molar-refractivity contribution in [2.45, 2.75) is 76.9 Å². The summed E-state index contributed by atoms with van der Waals surface area (Å²) in [6, 6.07) is 15.9. The lowest BCUT2D eigenvalue weighted by Crippen LogP contribution is -2.50. The van der Waals surface area contributed by atoms with Crippen molar-refractivity contribution >= 4 is 6.09 Å². The molecule has 6 nitrogen and oxygen atoms in total. The molecule has 2 saturated heterocycles. The van der Waals surface area contributed by atoms with Crippen molar-refractivity contribution in [3.05, 3.63) is 54.1 Å². The second-order valence-electron chi connectivity index (χ2n) is 9.07. The highest BCUT2D eigenvalue weighted by atomic mass is 16.6. The Morgan fingerprint density at radius 2 is 1.67 bits per heavy atom. The zero-order chi connectivity index (χ0) is 21.1. The number of rotatable bonds is 5. The number of pyridine rings is 1. The van der Waals surface area contributed by atoms with Gasteiger partial charge in [0, 0.05) is 37.1 Å². The molecule has 30 heavy (non-hydrogen) atoms. The second kappa shape index (κ2) is 8.54. The first-order chi connectivity index (χ1) is 14.4. The molecular weight excluding hydrogens is 380 g/mol. The standard InChI is InChI=1S/C24H30N2O4/c1-24(2,3)30-23(27)26-18-12-13-19(26)15-20(14-18)29-22-11-7-10-21(25-22)28-16-17-8-5-4-6-9-17/h4-11,18-20H,12-16H2,1-3H3/t18-,19+,20?. The predicted molar refractivity (Wildman–Crippen MR) is 114 cm³/mol. The van der Waals surface area contributed by atoms with Gasteiger partial charge in [-0.3, -0.25) is 0 Å². The molecule has 4 rings (SSSR count). The Labute approximate surface area is 178 Å². The van der Waals surface area contributed by atoms with E-state index < -0.39 is 5.60 Å². The number of fused-ring (bicyclic) bond motifs is 2. The minimum Gasteiger partial charge on any atom is -0.474 e. The van der Waals surface area contributed by atoms with E-state index in [1.807, 2.05) is 74.2 Å². The Bertz CT molecular complexity index is 851. The molecule has 2 fully saturated rings. The molecule has 0 radical (unpaired) electrons. The van der Waals surface area contributed by atoms with E-state index in [4.69, 9.17) is 14.2 Å². The number of nitrogens with zero attached hydrogens (tertiary/aromatic N) is 2. The maximum absolute atomic E-state index is 12.6. The molecule has 2 aliphatic rings. The Morgan fingerprint density at radius 1 is 1.00 bits per heavy atom. The number of ether oxygens (including phenoxy) is 3. The lowest BCUT2D eigenvalue weighted by Gasteiger charge is -2.39. The van der Waals surface area contributed by atoms with Crippen LogP contribution in [0.2, 0.25) is 0 Å². The van der Waals surface area contributed by atoms with Gasteiger partial charge in [-0.1, -0.05) is 36.4 Å². The summed E-state index contributed by atoms with van der Waals surface area (Å²) >= 11 is 0. The fourth-order valence-electron chi connectivity index (χ4n) is 4.28. The third-order valence-electron chi connectivity index (χ3n) is 5.51. The summed E-state index contributed by atoms with van der Waals surface area (Å²) in [6.07, 6.45) is 3.43. The lowest BCUT2D eigenvalue weighted by atomic mass is 10.0. The molecule has 3 heterocycles. The average molecular weight is 411 g/mol. The van der Waals surface area contributed by atoms with Crippen LogP contribution in [0.15, 0.2) is 48.5 Å². The first kappa shape index (κ1) is 20.5. The maximum atomic E-state index is 12.6. The van der Waals surface area contributed by atoms with E-state index in [-0.39, 0.29) is 24.3 Å². The first-order valence-electron chi connectivity index (χ1n) is 10.7. The van der Waals surface area contributed by atoms with Crippen LogP contribution in [0, 0.1) is 0 Å². The van der Waals surface area contributed by atoms with Gasteiger partial charge in [-0.2, -0.15) is 4.98 Å². The predicted octanol–water partition coefficient (Wildman–Crippen LogP) is 4.97. The smallest absolute Gasteiger partial charge is 0.410 e. The van der Waals surface area contributed by atoms with Gasteiger partial charge in [0.15, 0.2) is 0 Å². The van der Waals surface area contributed by atoms with Crippen LogP contribution in [0.25, 0.3) is 0 Å². The molecule has 0 N–H and O–H groups in total. The average Bonchev–Trinajstić information content (AvgIpc) is 2.97. The number of hydrogen-bond acceptors (Lipinski definition) is 5. The number of amides is 1. The van der Waals surface area contributed by atoms with E-state index in [0.29, 0.717) is 18.4 Å². The molecule has 6 heteroatoms. The molecule has 3 atom stereocenters. The SMILES string of the molecule is CC(C)(C)OC(=O)N1[C@@H]2CC[C@H]1CC(Oc1cccc(OCc3ccccc3)n1)C2. The number of piperidine rings is 1. The summed E-state index contributed by atoms with van der Waals surface area (Å²) < 4.78 is 17.6. The largest absolute Gasteiger partial charge is 0.474 e. The molecule has 2 aliphatic heterocycles. The van der Waals surface area contributed by atoms with E-state index in [0.717, 1.165) is 31.2 Å². The van der Waals surface area contributed by atoms with Gasteiger partial charge in [0.25, 0.3) is 0 Å². The van der Waals surface area contributed by atoms with Crippen LogP contribution < -0.4 is 9.47 Å². The van der Waals surface area contributed by atoms with Crippen molar-refractivity contribution < 1.29 is 19.0 Å². The van der Waals surface area contributed by atoms with Crippen LogP contribution >= 0.6 is 0 Å². The normalized spacial score (nSPS) is 23.2. The quantitative estimate of drug-likeness (QED) is 0.696. The Balaban J connectivity index is 1.34. The molecule has 2 bridgehead atoms. The van der Waals surface area contributed by atoms with Crippen LogP contribution in [0.5, 0.6) is 11.8 Å². The van der Waals surface area contributed by atoms with E-state index >= 15 is 0 Å². The van der Waals surface area contributed by atoms with Gasteiger partial charge in [-0.25, -0.2) is 4.79 Å². The van der Waals surface area contributed by atoms with Crippen LogP contribution in [0.4, 0.5) is 4.79 Å². The van der Waals surface area contributed by atoms with Crippen LogP contribution in [0.3, 0.4) is 0 Å². The second-order valence-corrected chi connectivity index (χ2v) is 9.07. The highest BCUT2D eigenvalue weighted by molar-refractivity contribution is 5.69. The van der Waals surface area contributed by atoms with E-state index in [2.05, 4.69) is 4.98 Å². The number of benzene rings is 1. The van der Waals surface area contributed by atoms with E-state index in [1.165, 1.54) is 0 Å². The van der Waals surface area contributed by atoms with Crippen molar-refractivity contribution in [1.29, 1.82) is 0 Å². The summed E-state index contributed by atoms with van der Waals surface area (Å²) in [7, 11) is 0. The third-order valence-corrected chi connectivity index (χ3v) is 5.51. The summed E-state index contributed by atoms with van der Waals surface area (Å²) in [5, 5.41) is 0. The minimum absolute atomic E-state index is 0.0399. The summed E-state index contributed by atoms with van der Waals surface area (Å²) in [5.74, 6) is 1.11. The van der Waals surface area contributed by atoms with Gasteiger partial charge < -0.3 is 19.1 Å². The van der Waals surface area contributed by atoms with Crippen molar-refractivity contribution in [2.24, 2.45) is 0 Å². The number of hydrogen-bond donors (Lipinski definition) is 0. The zero-order valence-corrected chi connectivity index (χ0v) is 17.9. The molecule has 1 aromatic carbocycles. The summed E-state index contributed by atoms with van der Waals surface area (Å²) in [6.45, 7) is 6.18. The van der Waals surface area contributed by atoms with Crippen molar-refractivity contribution in [2.75, 3.05) is 0 Å². The van der Waals surface area contributed by atoms with Gasteiger partial charge in [0.05, 0.1) is 0 Å². The molecule has 0 spiro atoms. The first-order valence-corrected chi connectivity index (χ1v) is 10.7. The van der Waals surface area contributed by atoms with E-state index in [1.54, 1.807) is 0 Å². The molecule has 1 aromatic heterocycles. The van der Waals surface area contributed by atoms with Gasteiger partial charge >= 0.3 is 6.09 Å². The van der Waals surface area contributed by atoms with Crippen molar-refractivity contribution in [1.82, 2.24) is 9.88 Å².